The second-order valence-electron chi connectivity index (χ2n) is 6.57. The minimum absolute atomic E-state index is 0.633. The van der Waals surface area contributed by atoms with Crippen LogP contribution in [-0.2, 0) is 0 Å². The maximum absolute atomic E-state index is 3.69. The van der Waals surface area contributed by atoms with Crippen LogP contribution in [0, 0.1) is 5.92 Å². The quantitative estimate of drug-likeness (QED) is 0.760. The van der Waals surface area contributed by atoms with Gasteiger partial charge in [-0.05, 0) is 31.6 Å². The smallest absolute Gasteiger partial charge is 0.0209 e. The zero-order chi connectivity index (χ0) is 12.3. The van der Waals surface area contributed by atoms with Gasteiger partial charge in [-0.25, -0.2) is 0 Å². The first kappa shape index (κ1) is 13.4. The van der Waals surface area contributed by atoms with Crippen LogP contribution in [0.1, 0.15) is 59.3 Å². The van der Waals surface area contributed by atoms with Gasteiger partial charge in [0.15, 0.2) is 0 Å². The zero-order valence-electron chi connectivity index (χ0n) is 11.9. The summed E-state index contributed by atoms with van der Waals surface area (Å²) in [5, 5.41) is 3.69. The number of likely N-dealkylation sites (tertiary alicyclic amines) is 1. The molecule has 1 aliphatic carbocycles. The van der Waals surface area contributed by atoms with Crippen LogP contribution in [0.5, 0.6) is 0 Å². The Morgan fingerprint density at radius 3 is 2.65 bits per heavy atom. The van der Waals surface area contributed by atoms with E-state index >= 15 is 0 Å². The van der Waals surface area contributed by atoms with Gasteiger partial charge in [-0.3, -0.25) is 4.90 Å². The average molecular weight is 238 g/mol. The lowest BCUT2D eigenvalue weighted by Crippen LogP contribution is -2.39. The van der Waals surface area contributed by atoms with Gasteiger partial charge < -0.3 is 5.32 Å². The Hall–Kier alpha value is -0.0800. The molecule has 3 unspecified atom stereocenters. The van der Waals surface area contributed by atoms with E-state index in [0.717, 1.165) is 18.0 Å². The molecule has 100 valence electrons. The molecule has 2 rings (SSSR count). The second kappa shape index (κ2) is 6.19. The van der Waals surface area contributed by atoms with Crippen molar-refractivity contribution in [2.45, 2.75) is 77.4 Å². The third-order valence-corrected chi connectivity index (χ3v) is 4.53. The van der Waals surface area contributed by atoms with Gasteiger partial charge in [0.25, 0.3) is 0 Å². The van der Waals surface area contributed by atoms with E-state index in [0.29, 0.717) is 6.04 Å². The van der Waals surface area contributed by atoms with Gasteiger partial charge in [0.2, 0.25) is 0 Å². The SMILES string of the molecule is CC1CCCC(N2CCC(NC(C)C)C2)CC1. The van der Waals surface area contributed by atoms with Crippen molar-refractivity contribution in [1.29, 1.82) is 0 Å². The molecule has 1 saturated carbocycles. The van der Waals surface area contributed by atoms with Crippen LogP contribution >= 0.6 is 0 Å². The first-order valence-electron chi connectivity index (χ1n) is 7.65. The topological polar surface area (TPSA) is 15.3 Å². The largest absolute Gasteiger partial charge is 0.310 e. The third kappa shape index (κ3) is 3.96. The molecule has 0 aromatic rings. The fourth-order valence-corrected chi connectivity index (χ4v) is 3.56. The Kier molecular flexibility index (Phi) is 4.87. The summed E-state index contributed by atoms with van der Waals surface area (Å²) in [6, 6.07) is 2.27. The summed E-state index contributed by atoms with van der Waals surface area (Å²) in [7, 11) is 0. The fraction of sp³-hybridized carbons (Fsp3) is 1.00. The van der Waals surface area contributed by atoms with Crippen LogP contribution in [0.3, 0.4) is 0 Å². The summed E-state index contributed by atoms with van der Waals surface area (Å²) in [4.78, 5) is 2.76. The molecule has 0 aromatic carbocycles. The highest BCUT2D eigenvalue weighted by molar-refractivity contribution is 4.87. The van der Waals surface area contributed by atoms with Crippen LogP contribution in [0.4, 0.5) is 0 Å². The molecule has 0 bridgehead atoms. The second-order valence-corrected chi connectivity index (χ2v) is 6.57. The van der Waals surface area contributed by atoms with Crippen molar-refractivity contribution in [2.24, 2.45) is 5.92 Å². The number of rotatable bonds is 3. The normalized spacial score (nSPS) is 36.4. The Balaban J connectivity index is 1.79. The van der Waals surface area contributed by atoms with Gasteiger partial charge in [0.05, 0.1) is 0 Å². The van der Waals surface area contributed by atoms with Crippen LogP contribution in [-0.4, -0.2) is 36.1 Å². The molecule has 1 heterocycles. The van der Waals surface area contributed by atoms with Crippen LogP contribution < -0.4 is 5.32 Å². The first-order valence-corrected chi connectivity index (χ1v) is 7.65. The molecule has 1 saturated heterocycles. The highest BCUT2D eigenvalue weighted by Crippen LogP contribution is 2.28. The van der Waals surface area contributed by atoms with Crippen LogP contribution in [0.25, 0.3) is 0 Å². The van der Waals surface area contributed by atoms with Gasteiger partial charge in [0.1, 0.15) is 0 Å². The van der Waals surface area contributed by atoms with Crippen molar-refractivity contribution < 1.29 is 0 Å². The summed E-state index contributed by atoms with van der Waals surface area (Å²) in [5.41, 5.74) is 0. The molecule has 0 radical (unpaired) electrons. The van der Waals surface area contributed by atoms with E-state index in [4.69, 9.17) is 0 Å². The highest BCUT2D eigenvalue weighted by atomic mass is 15.2. The van der Waals surface area contributed by atoms with Crippen molar-refractivity contribution >= 4 is 0 Å². The minimum Gasteiger partial charge on any atom is -0.310 e. The maximum atomic E-state index is 3.69. The molecule has 2 nitrogen and oxygen atoms in total. The molecule has 0 amide bonds. The Morgan fingerprint density at radius 2 is 1.88 bits per heavy atom. The van der Waals surface area contributed by atoms with Crippen molar-refractivity contribution in [3.63, 3.8) is 0 Å². The number of nitrogens with zero attached hydrogens (tertiary/aromatic N) is 1. The van der Waals surface area contributed by atoms with Crippen LogP contribution in [0.2, 0.25) is 0 Å². The van der Waals surface area contributed by atoms with Crippen molar-refractivity contribution in [1.82, 2.24) is 10.2 Å². The summed E-state index contributed by atoms with van der Waals surface area (Å²) in [5.74, 6) is 0.965. The van der Waals surface area contributed by atoms with Crippen molar-refractivity contribution in [2.75, 3.05) is 13.1 Å². The van der Waals surface area contributed by atoms with E-state index < -0.39 is 0 Å². The van der Waals surface area contributed by atoms with E-state index in [1.54, 1.807) is 0 Å². The van der Waals surface area contributed by atoms with Gasteiger partial charge in [-0.15, -0.1) is 0 Å². The summed E-state index contributed by atoms with van der Waals surface area (Å²) >= 11 is 0. The molecule has 1 aliphatic heterocycles. The molecule has 17 heavy (non-hydrogen) atoms. The van der Waals surface area contributed by atoms with Gasteiger partial charge >= 0.3 is 0 Å². The molecule has 3 atom stereocenters. The van der Waals surface area contributed by atoms with Gasteiger partial charge in [-0.2, -0.15) is 0 Å². The molecular formula is C15H30N2. The van der Waals surface area contributed by atoms with Gasteiger partial charge in [-0.1, -0.05) is 33.6 Å². The van der Waals surface area contributed by atoms with E-state index in [1.165, 1.54) is 51.6 Å². The maximum Gasteiger partial charge on any atom is 0.0209 e. The zero-order valence-corrected chi connectivity index (χ0v) is 11.9. The standard InChI is InChI=1S/C15H30N2/c1-12(2)16-14-9-10-17(11-14)15-6-4-5-13(3)7-8-15/h12-16H,4-11H2,1-3H3. The molecule has 1 N–H and O–H groups in total. The Bertz CT molecular complexity index is 227. The van der Waals surface area contributed by atoms with Crippen molar-refractivity contribution in [3.8, 4) is 0 Å². The summed E-state index contributed by atoms with van der Waals surface area (Å²) in [6.45, 7) is 9.56. The lowest BCUT2D eigenvalue weighted by molar-refractivity contribution is 0.213. The number of hydrogen-bond donors (Lipinski definition) is 1. The first-order chi connectivity index (χ1) is 8.15. The van der Waals surface area contributed by atoms with Gasteiger partial charge in [0, 0.05) is 31.2 Å². The Morgan fingerprint density at radius 1 is 1.06 bits per heavy atom. The lowest BCUT2D eigenvalue weighted by atomic mass is 10.0. The minimum atomic E-state index is 0.633. The third-order valence-electron chi connectivity index (χ3n) is 4.53. The van der Waals surface area contributed by atoms with Crippen LogP contribution in [0.15, 0.2) is 0 Å². The predicted molar refractivity (Wildman–Crippen MR) is 74.3 cm³/mol. The van der Waals surface area contributed by atoms with E-state index in [1.807, 2.05) is 0 Å². The highest BCUT2D eigenvalue weighted by Gasteiger charge is 2.29. The molecule has 2 heteroatoms. The van der Waals surface area contributed by atoms with E-state index in [-0.39, 0.29) is 0 Å². The average Bonchev–Trinajstić information content (AvgIpc) is 2.59. The summed E-state index contributed by atoms with van der Waals surface area (Å²) < 4.78 is 0. The molecule has 2 aliphatic rings. The summed E-state index contributed by atoms with van der Waals surface area (Å²) in [6.07, 6.45) is 8.59. The number of nitrogens with one attached hydrogen (secondary N) is 1. The fourth-order valence-electron chi connectivity index (χ4n) is 3.56. The molecule has 0 aromatic heterocycles. The number of hydrogen-bond acceptors (Lipinski definition) is 2. The molecule has 0 spiro atoms. The predicted octanol–water partition coefficient (Wildman–Crippen LogP) is 3.03. The molecular weight excluding hydrogens is 208 g/mol. The van der Waals surface area contributed by atoms with E-state index in [9.17, 15) is 0 Å². The van der Waals surface area contributed by atoms with E-state index in [2.05, 4.69) is 31.0 Å². The lowest BCUT2D eigenvalue weighted by Gasteiger charge is -2.27. The molecule has 2 fully saturated rings. The Labute approximate surface area is 107 Å². The monoisotopic (exact) mass is 238 g/mol. The van der Waals surface area contributed by atoms with Crippen molar-refractivity contribution in [3.05, 3.63) is 0 Å².